The molecule has 1 aromatic heterocycles. The quantitative estimate of drug-likeness (QED) is 0.804. The van der Waals surface area contributed by atoms with Crippen molar-refractivity contribution in [2.45, 2.75) is 10.1 Å². The maximum absolute atomic E-state index is 11.6. The Morgan fingerprint density at radius 1 is 1.50 bits per heavy atom. The van der Waals surface area contributed by atoms with Crippen molar-refractivity contribution < 1.29 is 4.79 Å². The molecule has 0 radical (unpaired) electrons. The lowest BCUT2D eigenvalue weighted by molar-refractivity contribution is 0.0963. The lowest BCUT2D eigenvalue weighted by Crippen LogP contribution is -2.17. The van der Waals surface area contributed by atoms with E-state index in [9.17, 15) is 4.79 Å². The van der Waals surface area contributed by atoms with E-state index in [1.807, 2.05) is 0 Å². The highest BCUT2D eigenvalue weighted by Gasteiger charge is 2.10. The van der Waals surface area contributed by atoms with Crippen molar-refractivity contribution in [3.63, 3.8) is 0 Å². The van der Waals surface area contributed by atoms with Gasteiger partial charge in [-0.25, -0.2) is 9.67 Å². The number of carbonyl (C=O) groups excluding carboxylic acids is 1. The number of anilines is 1. The average Bonchev–Trinajstić information content (AvgIpc) is 2.77. The van der Waals surface area contributed by atoms with Crippen LogP contribution in [-0.2, 0) is 7.05 Å². The zero-order chi connectivity index (χ0) is 13.1. The molecule has 0 fully saturated rings. The van der Waals surface area contributed by atoms with Gasteiger partial charge in [0.2, 0.25) is 0 Å². The molecule has 94 valence electrons. The number of nitrogens with one attached hydrogen (secondary N) is 1. The zero-order valence-electron chi connectivity index (χ0n) is 10.0. The first-order valence-corrected chi connectivity index (χ1v) is 6.07. The molecule has 18 heavy (non-hydrogen) atoms. The summed E-state index contributed by atoms with van der Waals surface area (Å²) in [5, 5.41) is 7.28. The van der Waals surface area contributed by atoms with Crippen molar-refractivity contribution in [3.8, 4) is 0 Å². The van der Waals surface area contributed by atoms with E-state index in [4.69, 9.17) is 5.73 Å². The number of nitrogens with zero attached hydrogens (tertiary/aromatic N) is 3. The minimum Gasteiger partial charge on any atom is -0.398 e. The molecule has 1 aromatic carbocycles. The number of nitrogens with two attached hydrogens (primary N) is 1. The fourth-order valence-corrected chi connectivity index (χ4v) is 2.23. The Labute approximate surface area is 109 Å². The van der Waals surface area contributed by atoms with Gasteiger partial charge in [-0.15, -0.1) is 0 Å². The Kier molecular flexibility index (Phi) is 3.52. The molecule has 3 N–H and O–H groups in total. The van der Waals surface area contributed by atoms with Crippen LogP contribution in [0.5, 0.6) is 0 Å². The Balaban J connectivity index is 2.32. The molecule has 0 spiro atoms. The normalized spacial score (nSPS) is 10.3. The highest BCUT2D eigenvalue weighted by Crippen LogP contribution is 2.31. The molecule has 0 bridgehead atoms. The molecule has 2 aromatic rings. The smallest absolute Gasteiger partial charge is 0.251 e. The summed E-state index contributed by atoms with van der Waals surface area (Å²) in [5.41, 5.74) is 7.06. The van der Waals surface area contributed by atoms with Crippen molar-refractivity contribution >= 4 is 23.4 Å². The molecule has 0 unspecified atom stereocenters. The minimum atomic E-state index is -0.144. The monoisotopic (exact) mass is 263 g/mol. The Bertz CT molecular complexity index is 581. The van der Waals surface area contributed by atoms with Crippen molar-refractivity contribution in [1.82, 2.24) is 20.1 Å². The zero-order valence-corrected chi connectivity index (χ0v) is 10.9. The van der Waals surface area contributed by atoms with E-state index in [0.717, 1.165) is 10.1 Å². The van der Waals surface area contributed by atoms with Crippen LogP contribution in [0.2, 0.25) is 0 Å². The number of aryl methyl sites for hydroxylation is 1. The van der Waals surface area contributed by atoms with Gasteiger partial charge in [-0.05, 0) is 30.0 Å². The Morgan fingerprint density at radius 2 is 2.28 bits per heavy atom. The predicted molar refractivity (Wildman–Crippen MR) is 69.4 cm³/mol. The van der Waals surface area contributed by atoms with Crippen molar-refractivity contribution in [2.24, 2.45) is 7.05 Å². The van der Waals surface area contributed by atoms with Crippen LogP contribution in [-0.4, -0.2) is 27.7 Å². The van der Waals surface area contributed by atoms with Crippen LogP contribution in [0.4, 0.5) is 5.69 Å². The number of benzene rings is 1. The van der Waals surface area contributed by atoms with Gasteiger partial charge >= 0.3 is 0 Å². The van der Waals surface area contributed by atoms with Gasteiger partial charge in [-0.2, -0.15) is 5.10 Å². The third-order valence-corrected chi connectivity index (χ3v) is 3.50. The maximum atomic E-state index is 11.6. The average molecular weight is 263 g/mol. The van der Waals surface area contributed by atoms with Crippen LogP contribution in [0.1, 0.15) is 10.4 Å². The first-order valence-electron chi connectivity index (χ1n) is 5.25. The highest BCUT2D eigenvalue weighted by molar-refractivity contribution is 7.99. The summed E-state index contributed by atoms with van der Waals surface area (Å²) >= 11 is 1.37. The van der Waals surface area contributed by atoms with Gasteiger partial charge in [0, 0.05) is 30.2 Å². The standard InChI is InChI=1S/C11H13N5OS/c1-13-10(17)7-3-4-8(12)9(5-7)18-11-14-6-15-16(11)2/h3-6H,12H2,1-2H3,(H,13,17). The van der Waals surface area contributed by atoms with E-state index in [-0.39, 0.29) is 5.91 Å². The summed E-state index contributed by atoms with van der Waals surface area (Å²) in [4.78, 5) is 16.4. The molecule has 1 heterocycles. The van der Waals surface area contributed by atoms with Crippen LogP contribution >= 0.6 is 11.8 Å². The van der Waals surface area contributed by atoms with E-state index in [1.54, 1.807) is 37.0 Å². The first kappa shape index (κ1) is 12.4. The molecule has 0 aliphatic carbocycles. The second-order valence-electron chi connectivity index (χ2n) is 3.60. The SMILES string of the molecule is CNC(=O)c1ccc(N)c(Sc2ncnn2C)c1. The molecule has 0 saturated carbocycles. The van der Waals surface area contributed by atoms with E-state index >= 15 is 0 Å². The van der Waals surface area contributed by atoms with Gasteiger partial charge in [-0.3, -0.25) is 4.79 Å². The molecular formula is C11H13N5OS. The maximum Gasteiger partial charge on any atom is 0.251 e. The van der Waals surface area contributed by atoms with E-state index in [2.05, 4.69) is 15.4 Å². The molecule has 0 saturated heterocycles. The lowest BCUT2D eigenvalue weighted by atomic mass is 10.2. The number of rotatable bonds is 3. The largest absolute Gasteiger partial charge is 0.398 e. The topological polar surface area (TPSA) is 85.8 Å². The minimum absolute atomic E-state index is 0.144. The molecule has 1 amide bonds. The van der Waals surface area contributed by atoms with Gasteiger partial charge in [0.1, 0.15) is 6.33 Å². The van der Waals surface area contributed by atoms with Crippen LogP contribution in [0, 0.1) is 0 Å². The second kappa shape index (κ2) is 5.09. The van der Waals surface area contributed by atoms with Crippen LogP contribution < -0.4 is 11.1 Å². The summed E-state index contributed by atoms with van der Waals surface area (Å²) in [6.07, 6.45) is 1.47. The third-order valence-electron chi connectivity index (χ3n) is 2.37. The summed E-state index contributed by atoms with van der Waals surface area (Å²) in [6, 6.07) is 5.14. The Morgan fingerprint density at radius 3 is 2.89 bits per heavy atom. The number of hydrogen-bond donors (Lipinski definition) is 2. The van der Waals surface area contributed by atoms with Crippen LogP contribution in [0.3, 0.4) is 0 Å². The Hall–Kier alpha value is -2.02. The third kappa shape index (κ3) is 2.45. The van der Waals surface area contributed by atoms with Crippen molar-refractivity contribution in [3.05, 3.63) is 30.1 Å². The summed E-state index contributed by atoms with van der Waals surface area (Å²) in [7, 11) is 3.39. The van der Waals surface area contributed by atoms with Gasteiger partial charge < -0.3 is 11.1 Å². The van der Waals surface area contributed by atoms with Crippen LogP contribution in [0.25, 0.3) is 0 Å². The van der Waals surface area contributed by atoms with Gasteiger partial charge in [0.25, 0.3) is 5.91 Å². The van der Waals surface area contributed by atoms with Crippen LogP contribution in [0.15, 0.2) is 34.6 Å². The number of amides is 1. The number of nitrogen functional groups attached to an aromatic ring is 1. The molecular weight excluding hydrogens is 250 g/mol. The molecule has 0 aliphatic rings. The molecule has 0 atom stereocenters. The van der Waals surface area contributed by atoms with E-state index in [1.165, 1.54) is 18.1 Å². The van der Waals surface area contributed by atoms with Crippen molar-refractivity contribution in [2.75, 3.05) is 12.8 Å². The molecule has 6 nitrogen and oxygen atoms in total. The first-order chi connectivity index (χ1) is 8.61. The lowest BCUT2D eigenvalue weighted by Gasteiger charge is -2.07. The van der Waals surface area contributed by atoms with E-state index in [0.29, 0.717) is 11.3 Å². The van der Waals surface area contributed by atoms with Gasteiger partial charge in [-0.1, -0.05) is 0 Å². The fraction of sp³-hybridized carbons (Fsp3) is 0.182. The second-order valence-corrected chi connectivity index (χ2v) is 4.61. The molecule has 2 rings (SSSR count). The molecule has 7 heteroatoms. The van der Waals surface area contributed by atoms with Gasteiger partial charge in [0.15, 0.2) is 5.16 Å². The van der Waals surface area contributed by atoms with Crippen molar-refractivity contribution in [1.29, 1.82) is 0 Å². The summed E-state index contributed by atoms with van der Waals surface area (Å²) in [6.45, 7) is 0. The summed E-state index contributed by atoms with van der Waals surface area (Å²) < 4.78 is 1.65. The fourth-order valence-electron chi connectivity index (χ4n) is 1.38. The molecule has 0 aliphatic heterocycles. The summed E-state index contributed by atoms with van der Waals surface area (Å²) in [5.74, 6) is -0.144. The van der Waals surface area contributed by atoms with E-state index < -0.39 is 0 Å². The number of hydrogen-bond acceptors (Lipinski definition) is 5. The number of carbonyl (C=O) groups is 1. The highest BCUT2D eigenvalue weighted by atomic mass is 32.2. The predicted octanol–water partition coefficient (Wildman–Crippen LogP) is 0.908. The van der Waals surface area contributed by atoms with Gasteiger partial charge in [0.05, 0.1) is 0 Å². The number of aromatic nitrogens is 3.